The number of nitrogens with one attached hydrogen (secondary N) is 2. The molecule has 2 aliphatic heterocycles. The van der Waals surface area contributed by atoms with Crippen molar-refractivity contribution >= 4 is 18.3 Å². The fourth-order valence-corrected chi connectivity index (χ4v) is 3.30. The number of piperidine rings is 1. The first-order valence-corrected chi connectivity index (χ1v) is 8.34. The number of carbonyl (C=O) groups is 1. The summed E-state index contributed by atoms with van der Waals surface area (Å²) in [4.78, 5) is 12.0. The second-order valence-corrected chi connectivity index (χ2v) is 6.42. The average molecular weight is 319 g/mol. The summed E-state index contributed by atoms with van der Waals surface area (Å²) in [6.45, 7) is 6.08. The van der Waals surface area contributed by atoms with Crippen LogP contribution >= 0.6 is 12.4 Å². The van der Waals surface area contributed by atoms with E-state index in [9.17, 15) is 4.79 Å². The second-order valence-electron chi connectivity index (χ2n) is 6.42. The maximum Gasteiger partial charge on any atom is 0.220 e. The lowest BCUT2D eigenvalue weighted by atomic mass is 9.85. The summed E-state index contributed by atoms with van der Waals surface area (Å²) in [6.07, 6.45) is 8.11. The molecule has 5 heteroatoms. The van der Waals surface area contributed by atoms with Gasteiger partial charge in [-0.25, -0.2) is 0 Å². The Morgan fingerprint density at radius 2 is 2.19 bits per heavy atom. The SMILES string of the molecule is CC(CC(=O)NCCC1CCCCO1)C1CCCNC1.Cl. The number of carbonyl (C=O) groups excluding carboxylic acids is 1. The third kappa shape index (κ3) is 6.98. The van der Waals surface area contributed by atoms with Gasteiger partial charge in [-0.1, -0.05) is 6.92 Å². The highest BCUT2D eigenvalue weighted by Gasteiger charge is 2.22. The second kappa shape index (κ2) is 10.4. The molecule has 0 bridgehead atoms. The molecule has 3 unspecified atom stereocenters. The van der Waals surface area contributed by atoms with Gasteiger partial charge in [0.15, 0.2) is 0 Å². The molecule has 0 radical (unpaired) electrons. The van der Waals surface area contributed by atoms with Gasteiger partial charge in [-0.15, -0.1) is 12.4 Å². The van der Waals surface area contributed by atoms with E-state index in [-0.39, 0.29) is 18.3 Å². The molecule has 0 aromatic rings. The van der Waals surface area contributed by atoms with Crippen LogP contribution in [0.2, 0.25) is 0 Å². The average Bonchev–Trinajstić information content (AvgIpc) is 2.49. The predicted molar refractivity (Wildman–Crippen MR) is 87.8 cm³/mol. The van der Waals surface area contributed by atoms with E-state index in [1.54, 1.807) is 0 Å². The number of halogens is 1. The van der Waals surface area contributed by atoms with Crippen LogP contribution < -0.4 is 10.6 Å². The normalized spacial score (nSPS) is 27.5. The molecule has 2 heterocycles. The summed E-state index contributed by atoms with van der Waals surface area (Å²) in [7, 11) is 0. The van der Waals surface area contributed by atoms with Gasteiger partial charge in [0.2, 0.25) is 5.91 Å². The van der Waals surface area contributed by atoms with Gasteiger partial charge >= 0.3 is 0 Å². The summed E-state index contributed by atoms with van der Waals surface area (Å²) in [6, 6.07) is 0. The number of ether oxygens (including phenoxy) is 1. The summed E-state index contributed by atoms with van der Waals surface area (Å²) in [5.74, 6) is 1.35. The molecule has 2 fully saturated rings. The van der Waals surface area contributed by atoms with Gasteiger partial charge in [0.1, 0.15) is 0 Å². The molecule has 2 N–H and O–H groups in total. The summed E-state index contributed by atoms with van der Waals surface area (Å²) in [5.41, 5.74) is 0. The molecule has 1 amide bonds. The molecular formula is C16H31ClN2O2. The minimum Gasteiger partial charge on any atom is -0.378 e. The molecule has 2 aliphatic rings. The van der Waals surface area contributed by atoms with Crippen molar-refractivity contribution < 1.29 is 9.53 Å². The molecule has 0 aromatic carbocycles. The van der Waals surface area contributed by atoms with Gasteiger partial charge in [0.25, 0.3) is 0 Å². The van der Waals surface area contributed by atoms with Crippen LogP contribution in [0.5, 0.6) is 0 Å². The quantitative estimate of drug-likeness (QED) is 0.791. The first-order chi connectivity index (χ1) is 9.75. The third-order valence-electron chi connectivity index (χ3n) is 4.71. The third-order valence-corrected chi connectivity index (χ3v) is 4.71. The smallest absolute Gasteiger partial charge is 0.220 e. The van der Waals surface area contributed by atoms with Gasteiger partial charge in [0, 0.05) is 19.6 Å². The number of amides is 1. The molecule has 3 atom stereocenters. The highest BCUT2D eigenvalue weighted by Crippen LogP contribution is 2.22. The Morgan fingerprint density at radius 3 is 2.86 bits per heavy atom. The Labute approximate surface area is 135 Å². The maximum atomic E-state index is 12.0. The van der Waals surface area contributed by atoms with Gasteiger partial charge < -0.3 is 15.4 Å². The lowest BCUT2D eigenvalue weighted by Crippen LogP contribution is -2.36. The molecule has 124 valence electrons. The zero-order valence-corrected chi connectivity index (χ0v) is 14.1. The van der Waals surface area contributed by atoms with E-state index in [0.717, 1.165) is 39.1 Å². The van der Waals surface area contributed by atoms with Crippen molar-refractivity contribution in [2.45, 2.75) is 58.0 Å². The van der Waals surface area contributed by atoms with Crippen molar-refractivity contribution in [3.05, 3.63) is 0 Å². The molecule has 0 aliphatic carbocycles. The van der Waals surface area contributed by atoms with Crippen molar-refractivity contribution in [1.29, 1.82) is 0 Å². The molecule has 0 aromatic heterocycles. The molecule has 4 nitrogen and oxygen atoms in total. The highest BCUT2D eigenvalue weighted by atomic mass is 35.5. The van der Waals surface area contributed by atoms with E-state index in [0.29, 0.717) is 24.4 Å². The van der Waals surface area contributed by atoms with Crippen LogP contribution in [0.15, 0.2) is 0 Å². The van der Waals surface area contributed by atoms with Crippen molar-refractivity contribution in [3.63, 3.8) is 0 Å². The lowest BCUT2D eigenvalue weighted by molar-refractivity contribution is -0.122. The predicted octanol–water partition coefficient (Wildman–Crippen LogP) is 2.51. The number of hydrogen-bond donors (Lipinski definition) is 2. The van der Waals surface area contributed by atoms with Crippen LogP contribution in [0.1, 0.15) is 51.9 Å². The standard InChI is InChI=1S/C16H30N2O2.ClH/c1-13(14-5-4-8-17-12-14)11-16(19)18-9-7-15-6-2-3-10-20-15;/h13-15,17H,2-12H2,1H3,(H,18,19);1H. The van der Waals surface area contributed by atoms with E-state index in [4.69, 9.17) is 4.74 Å². The van der Waals surface area contributed by atoms with Gasteiger partial charge in [-0.2, -0.15) is 0 Å². The minimum atomic E-state index is 0. The summed E-state index contributed by atoms with van der Waals surface area (Å²) in [5, 5.41) is 6.49. The number of hydrogen-bond acceptors (Lipinski definition) is 3. The number of rotatable bonds is 6. The Bertz CT molecular complexity index is 290. The Morgan fingerprint density at radius 1 is 1.33 bits per heavy atom. The Hall–Kier alpha value is -0.320. The zero-order valence-electron chi connectivity index (χ0n) is 13.2. The molecule has 2 saturated heterocycles. The van der Waals surface area contributed by atoms with Crippen LogP contribution in [-0.4, -0.2) is 38.3 Å². The molecule has 0 saturated carbocycles. The van der Waals surface area contributed by atoms with Crippen LogP contribution in [0.25, 0.3) is 0 Å². The molecule has 21 heavy (non-hydrogen) atoms. The lowest BCUT2D eigenvalue weighted by Gasteiger charge is -2.28. The minimum absolute atomic E-state index is 0. The molecule has 2 rings (SSSR count). The van der Waals surface area contributed by atoms with Crippen molar-refractivity contribution in [3.8, 4) is 0 Å². The van der Waals surface area contributed by atoms with Crippen LogP contribution in [0.3, 0.4) is 0 Å². The van der Waals surface area contributed by atoms with Gasteiger partial charge in [-0.3, -0.25) is 4.79 Å². The zero-order chi connectivity index (χ0) is 14.2. The van der Waals surface area contributed by atoms with Crippen molar-refractivity contribution in [1.82, 2.24) is 10.6 Å². The molecular weight excluding hydrogens is 288 g/mol. The largest absolute Gasteiger partial charge is 0.378 e. The van der Waals surface area contributed by atoms with Crippen molar-refractivity contribution in [2.24, 2.45) is 11.8 Å². The fraction of sp³-hybridized carbons (Fsp3) is 0.938. The van der Waals surface area contributed by atoms with Gasteiger partial charge in [-0.05, 0) is 63.5 Å². The van der Waals surface area contributed by atoms with Crippen LogP contribution in [0, 0.1) is 11.8 Å². The Balaban J connectivity index is 0.00000220. The van der Waals surface area contributed by atoms with Gasteiger partial charge in [0.05, 0.1) is 6.10 Å². The van der Waals surface area contributed by atoms with E-state index in [1.807, 2.05) is 0 Å². The molecule has 0 spiro atoms. The first-order valence-electron chi connectivity index (χ1n) is 8.34. The van der Waals surface area contributed by atoms with E-state index < -0.39 is 0 Å². The monoisotopic (exact) mass is 318 g/mol. The van der Waals surface area contributed by atoms with Crippen LogP contribution in [-0.2, 0) is 9.53 Å². The van der Waals surface area contributed by atoms with E-state index in [2.05, 4.69) is 17.6 Å². The maximum absolute atomic E-state index is 12.0. The van der Waals surface area contributed by atoms with Crippen molar-refractivity contribution in [2.75, 3.05) is 26.2 Å². The van der Waals surface area contributed by atoms with E-state index >= 15 is 0 Å². The summed E-state index contributed by atoms with van der Waals surface area (Å²) < 4.78 is 5.68. The van der Waals surface area contributed by atoms with Crippen LogP contribution in [0.4, 0.5) is 0 Å². The summed E-state index contributed by atoms with van der Waals surface area (Å²) >= 11 is 0. The van der Waals surface area contributed by atoms with E-state index in [1.165, 1.54) is 25.7 Å². The fourth-order valence-electron chi connectivity index (χ4n) is 3.30. The highest BCUT2D eigenvalue weighted by molar-refractivity contribution is 5.85. The Kier molecular flexibility index (Phi) is 9.29. The first kappa shape index (κ1) is 18.7. The topological polar surface area (TPSA) is 50.4 Å².